The first-order chi connectivity index (χ1) is 18.9. The fourth-order valence-electron chi connectivity index (χ4n) is 4.01. The molecule has 0 radical (unpaired) electrons. The van der Waals surface area contributed by atoms with Crippen molar-refractivity contribution in [1.82, 2.24) is 9.66 Å². The van der Waals surface area contributed by atoms with Crippen molar-refractivity contribution in [3.63, 3.8) is 0 Å². The Morgan fingerprint density at radius 1 is 1.03 bits per heavy atom. The zero-order valence-electron chi connectivity index (χ0n) is 21.1. The second-order valence-electron chi connectivity index (χ2n) is 8.19. The topological polar surface area (TPSA) is 114 Å². The normalized spacial score (nSPS) is 11.3. The molecule has 2 heterocycles. The lowest BCUT2D eigenvalue weighted by Crippen LogP contribution is -2.20. The van der Waals surface area contributed by atoms with Crippen molar-refractivity contribution in [1.29, 1.82) is 0 Å². The number of rotatable bonds is 8. The van der Waals surface area contributed by atoms with Crippen LogP contribution in [0.2, 0.25) is 0 Å². The van der Waals surface area contributed by atoms with Crippen LogP contribution in [0.4, 0.5) is 0 Å². The average molecular weight is 592 g/mol. The third-order valence-corrected chi connectivity index (χ3v) is 6.32. The minimum absolute atomic E-state index is 0.187. The van der Waals surface area contributed by atoms with Gasteiger partial charge in [-0.05, 0) is 42.5 Å². The number of furan rings is 1. The maximum absolute atomic E-state index is 13.6. The number of para-hydroxylation sites is 1. The fraction of sp³-hybridized carbons (Fsp3) is 0.143. The number of halogens is 1. The molecule has 39 heavy (non-hydrogen) atoms. The highest BCUT2D eigenvalue weighted by Crippen LogP contribution is 2.35. The standard InChI is InChI=1S/C28H22BrN3O7/c1-35-21-9-6-10-22-19(21)13-24(39-22)27-31-20-8-5-4-7-18(20)28(34)32(27)30-14-16-11-17(29)12-23(36-2)26(16)38-15-25(33)37-3/h4-14H,15H2,1-3H3. The number of hydrogen-bond donors (Lipinski definition) is 0. The first-order valence-corrected chi connectivity index (χ1v) is 12.4. The molecular weight excluding hydrogens is 570 g/mol. The van der Waals surface area contributed by atoms with Crippen LogP contribution in [0.3, 0.4) is 0 Å². The Kier molecular flexibility index (Phi) is 7.33. The number of methoxy groups -OCH3 is 3. The first-order valence-electron chi connectivity index (χ1n) is 11.6. The van der Waals surface area contributed by atoms with Gasteiger partial charge in [0.05, 0.1) is 43.8 Å². The Hall–Kier alpha value is -4.64. The van der Waals surface area contributed by atoms with E-state index in [2.05, 4.69) is 25.8 Å². The SMILES string of the molecule is COC(=O)COc1c(C=Nn2c(-c3cc4c(OC)cccc4o3)nc3ccccc3c2=O)cc(Br)cc1OC. The van der Waals surface area contributed by atoms with E-state index >= 15 is 0 Å². The second kappa shape index (κ2) is 11.0. The lowest BCUT2D eigenvalue weighted by Gasteiger charge is -2.13. The van der Waals surface area contributed by atoms with E-state index in [1.165, 1.54) is 20.4 Å². The summed E-state index contributed by atoms with van der Waals surface area (Å²) in [7, 11) is 4.31. The number of nitrogens with zero attached hydrogens (tertiary/aromatic N) is 3. The van der Waals surface area contributed by atoms with Crippen LogP contribution in [0.5, 0.6) is 17.2 Å². The molecule has 0 atom stereocenters. The van der Waals surface area contributed by atoms with Gasteiger partial charge < -0.3 is 23.4 Å². The number of carbonyl (C=O) groups excluding carboxylic acids is 1. The predicted octanol–water partition coefficient (Wildman–Crippen LogP) is 5.02. The molecule has 5 aromatic rings. The smallest absolute Gasteiger partial charge is 0.343 e. The molecule has 5 rings (SSSR count). The van der Waals surface area contributed by atoms with Crippen LogP contribution in [0.15, 0.2) is 79.4 Å². The van der Waals surface area contributed by atoms with Gasteiger partial charge in [-0.25, -0.2) is 9.78 Å². The summed E-state index contributed by atoms with van der Waals surface area (Å²) in [4.78, 5) is 30.1. The summed E-state index contributed by atoms with van der Waals surface area (Å²) >= 11 is 3.44. The van der Waals surface area contributed by atoms with E-state index in [0.717, 1.165) is 10.1 Å². The molecule has 3 aromatic carbocycles. The number of ether oxygens (including phenoxy) is 4. The molecule has 0 N–H and O–H groups in total. The van der Waals surface area contributed by atoms with E-state index in [9.17, 15) is 9.59 Å². The molecule has 0 unspecified atom stereocenters. The molecule has 0 aliphatic heterocycles. The van der Waals surface area contributed by atoms with Crippen LogP contribution in [-0.4, -0.2) is 49.8 Å². The van der Waals surface area contributed by atoms with Crippen molar-refractivity contribution in [2.24, 2.45) is 5.10 Å². The summed E-state index contributed by atoms with van der Waals surface area (Å²) in [5.41, 5.74) is 1.08. The maximum Gasteiger partial charge on any atom is 0.343 e. The second-order valence-corrected chi connectivity index (χ2v) is 9.10. The molecule has 0 spiro atoms. The van der Waals surface area contributed by atoms with Gasteiger partial charge in [-0.15, -0.1) is 0 Å². The molecule has 198 valence electrons. The highest BCUT2D eigenvalue weighted by Gasteiger charge is 2.19. The van der Waals surface area contributed by atoms with Crippen LogP contribution in [-0.2, 0) is 9.53 Å². The molecule has 0 bridgehead atoms. The van der Waals surface area contributed by atoms with Gasteiger partial charge in [0, 0.05) is 10.0 Å². The summed E-state index contributed by atoms with van der Waals surface area (Å²) in [6, 6.07) is 17.5. The highest BCUT2D eigenvalue weighted by atomic mass is 79.9. The number of hydrogen-bond acceptors (Lipinski definition) is 9. The van der Waals surface area contributed by atoms with Gasteiger partial charge in [0.2, 0.25) is 5.82 Å². The molecule has 2 aromatic heterocycles. The van der Waals surface area contributed by atoms with Crippen molar-refractivity contribution in [3.05, 3.63) is 81.1 Å². The lowest BCUT2D eigenvalue weighted by atomic mass is 10.2. The largest absolute Gasteiger partial charge is 0.496 e. The van der Waals surface area contributed by atoms with Crippen molar-refractivity contribution < 1.29 is 28.2 Å². The van der Waals surface area contributed by atoms with Gasteiger partial charge in [-0.1, -0.05) is 34.1 Å². The molecule has 10 nitrogen and oxygen atoms in total. The summed E-state index contributed by atoms with van der Waals surface area (Å²) < 4.78 is 29.2. The van der Waals surface area contributed by atoms with E-state index in [0.29, 0.717) is 43.8 Å². The van der Waals surface area contributed by atoms with Crippen LogP contribution < -0.4 is 19.8 Å². The third kappa shape index (κ3) is 5.08. The van der Waals surface area contributed by atoms with Crippen molar-refractivity contribution in [2.45, 2.75) is 0 Å². The molecule has 0 aliphatic rings. The van der Waals surface area contributed by atoms with Crippen LogP contribution in [0.25, 0.3) is 33.5 Å². The van der Waals surface area contributed by atoms with E-state index < -0.39 is 11.5 Å². The highest BCUT2D eigenvalue weighted by molar-refractivity contribution is 9.10. The van der Waals surface area contributed by atoms with Gasteiger partial charge in [-0.3, -0.25) is 4.79 Å². The van der Waals surface area contributed by atoms with Crippen LogP contribution >= 0.6 is 15.9 Å². The zero-order chi connectivity index (χ0) is 27.5. The van der Waals surface area contributed by atoms with Gasteiger partial charge in [0.1, 0.15) is 11.3 Å². The molecule has 0 aliphatic carbocycles. The maximum atomic E-state index is 13.6. The summed E-state index contributed by atoms with van der Waals surface area (Å²) in [5, 5.41) is 5.59. The monoisotopic (exact) mass is 591 g/mol. The quantitative estimate of drug-likeness (QED) is 0.182. The van der Waals surface area contributed by atoms with Gasteiger partial charge in [0.25, 0.3) is 5.56 Å². The summed E-state index contributed by atoms with van der Waals surface area (Å²) in [6.07, 6.45) is 1.42. The predicted molar refractivity (Wildman–Crippen MR) is 149 cm³/mol. The van der Waals surface area contributed by atoms with E-state index in [1.807, 2.05) is 12.1 Å². The van der Waals surface area contributed by atoms with Crippen molar-refractivity contribution >= 4 is 50.0 Å². The Morgan fingerprint density at radius 2 is 1.82 bits per heavy atom. The molecule has 0 saturated carbocycles. The van der Waals surface area contributed by atoms with Crippen molar-refractivity contribution in [2.75, 3.05) is 27.9 Å². The summed E-state index contributed by atoms with van der Waals surface area (Å²) in [5.74, 6) is 1.15. The Labute approximate surface area is 230 Å². The van der Waals surface area contributed by atoms with E-state index in [4.69, 9.17) is 23.6 Å². The van der Waals surface area contributed by atoms with Gasteiger partial charge in [-0.2, -0.15) is 9.78 Å². The molecular formula is C28H22BrN3O7. The first kappa shape index (κ1) is 26.0. The Bertz CT molecular complexity index is 1790. The number of carbonyl (C=O) groups is 1. The minimum Gasteiger partial charge on any atom is -0.496 e. The average Bonchev–Trinajstić information content (AvgIpc) is 3.40. The van der Waals surface area contributed by atoms with E-state index in [-0.39, 0.29) is 18.2 Å². The van der Waals surface area contributed by atoms with E-state index in [1.54, 1.807) is 55.6 Å². The Balaban J connectivity index is 1.69. The third-order valence-electron chi connectivity index (χ3n) is 5.86. The van der Waals surface area contributed by atoms with Gasteiger partial charge >= 0.3 is 5.97 Å². The lowest BCUT2D eigenvalue weighted by molar-refractivity contribution is -0.142. The molecule has 0 amide bonds. The summed E-state index contributed by atoms with van der Waals surface area (Å²) in [6.45, 7) is -0.348. The zero-order valence-corrected chi connectivity index (χ0v) is 22.7. The Morgan fingerprint density at radius 3 is 2.59 bits per heavy atom. The molecule has 0 saturated heterocycles. The number of benzene rings is 3. The van der Waals surface area contributed by atoms with Gasteiger partial charge in [0.15, 0.2) is 23.9 Å². The van der Waals surface area contributed by atoms with Crippen molar-refractivity contribution in [3.8, 4) is 28.8 Å². The number of aromatic nitrogens is 2. The van der Waals surface area contributed by atoms with Crippen LogP contribution in [0.1, 0.15) is 5.56 Å². The minimum atomic E-state index is -0.569. The molecule has 11 heteroatoms. The number of esters is 1. The van der Waals surface area contributed by atoms with Crippen LogP contribution in [0, 0.1) is 0 Å². The number of fused-ring (bicyclic) bond motifs is 2. The fourth-order valence-corrected chi connectivity index (χ4v) is 4.47. The molecule has 0 fully saturated rings.